The lowest BCUT2D eigenvalue weighted by molar-refractivity contribution is -0.125. The van der Waals surface area contributed by atoms with E-state index in [1.54, 1.807) is 7.11 Å². The van der Waals surface area contributed by atoms with Gasteiger partial charge in [0.2, 0.25) is 5.91 Å². The molecule has 0 radical (unpaired) electrons. The summed E-state index contributed by atoms with van der Waals surface area (Å²) in [4.78, 5) is 14.7. The second-order valence-corrected chi connectivity index (χ2v) is 6.91. The van der Waals surface area contributed by atoms with Crippen LogP contribution < -0.4 is 10.1 Å². The Labute approximate surface area is 161 Å². The van der Waals surface area contributed by atoms with Gasteiger partial charge in [-0.2, -0.15) is 0 Å². The van der Waals surface area contributed by atoms with Crippen LogP contribution in [0.3, 0.4) is 0 Å². The van der Waals surface area contributed by atoms with Gasteiger partial charge in [-0.15, -0.1) is 0 Å². The Kier molecular flexibility index (Phi) is 6.66. The van der Waals surface area contributed by atoms with Gasteiger partial charge < -0.3 is 10.1 Å². The molecule has 1 N–H and O–H groups in total. The molecule has 0 spiro atoms. The molecule has 0 unspecified atom stereocenters. The number of rotatable bonds is 7. The zero-order chi connectivity index (χ0) is 19.1. The number of carbonyl (C=O) groups excluding carboxylic acids is 1. The summed E-state index contributed by atoms with van der Waals surface area (Å²) < 4.78 is 5.17. The molecule has 0 saturated carbocycles. The van der Waals surface area contributed by atoms with E-state index < -0.39 is 0 Å². The Hall–Kier alpha value is -2.59. The SMILES string of the molecule is COc1ccc(CCNC(=O)[C@H](C)N2CC=C(c3ccccc3)CC2)cc1. The number of nitrogens with zero attached hydrogens (tertiary/aromatic N) is 1. The molecular formula is C23H28N2O2. The number of ether oxygens (including phenoxy) is 1. The predicted molar refractivity (Wildman–Crippen MR) is 110 cm³/mol. The molecule has 1 atom stereocenters. The summed E-state index contributed by atoms with van der Waals surface area (Å²) >= 11 is 0. The number of amides is 1. The van der Waals surface area contributed by atoms with Gasteiger partial charge in [-0.25, -0.2) is 0 Å². The maximum atomic E-state index is 12.5. The molecule has 2 aromatic carbocycles. The molecule has 2 aromatic rings. The van der Waals surface area contributed by atoms with E-state index in [2.05, 4.69) is 40.6 Å². The van der Waals surface area contributed by atoms with E-state index in [1.807, 2.05) is 37.3 Å². The first kappa shape index (κ1) is 19.2. The molecule has 1 amide bonds. The minimum atomic E-state index is -0.116. The van der Waals surface area contributed by atoms with E-state index in [1.165, 1.54) is 16.7 Å². The molecule has 1 aliphatic rings. The first-order valence-corrected chi connectivity index (χ1v) is 9.56. The van der Waals surface area contributed by atoms with E-state index in [9.17, 15) is 4.79 Å². The van der Waals surface area contributed by atoms with Crippen LogP contribution >= 0.6 is 0 Å². The maximum Gasteiger partial charge on any atom is 0.237 e. The first-order chi connectivity index (χ1) is 13.2. The van der Waals surface area contributed by atoms with Crippen LogP contribution in [0.4, 0.5) is 0 Å². The minimum absolute atomic E-state index is 0.0973. The summed E-state index contributed by atoms with van der Waals surface area (Å²) in [5.74, 6) is 0.949. The Morgan fingerprint density at radius 1 is 1.15 bits per heavy atom. The Bertz CT molecular complexity index is 769. The number of carbonyl (C=O) groups is 1. The molecule has 3 rings (SSSR count). The van der Waals surface area contributed by atoms with E-state index in [4.69, 9.17) is 4.74 Å². The van der Waals surface area contributed by atoms with E-state index >= 15 is 0 Å². The van der Waals surface area contributed by atoms with Crippen molar-refractivity contribution < 1.29 is 9.53 Å². The van der Waals surface area contributed by atoms with Crippen molar-refractivity contribution in [2.75, 3.05) is 26.7 Å². The van der Waals surface area contributed by atoms with Crippen LogP contribution in [0.1, 0.15) is 24.5 Å². The Morgan fingerprint density at radius 3 is 2.52 bits per heavy atom. The monoisotopic (exact) mass is 364 g/mol. The lowest BCUT2D eigenvalue weighted by Crippen LogP contribution is -2.47. The molecule has 0 fully saturated rings. The fourth-order valence-electron chi connectivity index (χ4n) is 3.39. The van der Waals surface area contributed by atoms with Crippen molar-refractivity contribution in [2.24, 2.45) is 0 Å². The number of benzene rings is 2. The Balaban J connectivity index is 1.45. The molecule has 4 nitrogen and oxygen atoms in total. The summed E-state index contributed by atoms with van der Waals surface area (Å²) in [6.45, 7) is 4.36. The van der Waals surface area contributed by atoms with Gasteiger partial charge in [0.05, 0.1) is 13.2 Å². The quantitative estimate of drug-likeness (QED) is 0.817. The van der Waals surface area contributed by atoms with Gasteiger partial charge in [0, 0.05) is 19.6 Å². The third-order valence-corrected chi connectivity index (χ3v) is 5.18. The fourth-order valence-corrected chi connectivity index (χ4v) is 3.39. The molecule has 0 saturated heterocycles. The van der Waals surface area contributed by atoms with Gasteiger partial charge in [0.15, 0.2) is 0 Å². The number of hydrogen-bond acceptors (Lipinski definition) is 3. The summed E-state index contributed by atoms with van der Waals surface area (Å²) in [7, 11) is 1.66. The van der Waals surface area contributed by atoms with Crippen LogP contribution in [0, 0.1) is 0 Å². The average molecular weight is 364 g/mol. The van der Waals surface area contributed by atoms with Crippen LogP contribution in [-0.2, 0) is 11.2 Å². The van der Waals surface area contributed by atoms with Gasteiger partial charge in [-0.1, -0.05) is 48.5 Å². The lowest BCUT2D eigenvalue weighted by atomic mass is 9.99. The van der Waals surface area contributed by atoms with Gasteiger partial charge in [-0.05, 0) is 48.6 Å². The van der Waals surface area contributed by atoms with Crippen LogP contribution in [0.25, 0.3) is 5.57 Å². The summed E-state index contributed by atoms with van der Waals surface area (Å²) in [6.07, 6.45) is 4.05. The van der Waals surface area contributed by atoms with Crippen molar-refractivity contribution in [1.29, 1.82) is 0 Å². The van der Waals surface area contributed by atoms with Gasteiger partial charge in [-0.3, -0.25) is 9.69 Å². The highest BCUT2D eigenvalue weighted by Gasteiger charge is 2.23. The smallest absolute Gasteiger partial charge is 0.237 e. The Morgan fingerprint density at radius 2 is 1.89 bits per heavy atom. The highest BCUT2D eigenvalue weighted by molar-refractivity contribution is 5.81. The normalized spacial score (nSPS) is 15.7. The highest BCUT2D eigenvalue weighted by atomic mass is 16.5. The lowest BCUT2D eigenvalue weighted by Gasteiger charge is -2.31. The second-order valence-electron chi connectivity index (χ2n) is 6.91. The molecule has 1 heterocycles. The molecule has 1 aliphatic heterocycles. The third-order valence-electron chi connectivity index (χ3n) is 5.18. The van der Waals surface area contributed by atoms with Crippen LogP contribution in [0.2, 0.25) is 0 Å². The number of hydrogen-bond donors (Lipinski definition) is 1. The van der Waals surface area contributed by atoms with Crippen LogP contribution in [0.5, 0.6) is 5.75 Å². The molecule has 0 aromatic heterocycles. The van der Waals surface area contributed by atoms with Crippen molar-refractivity contribution in [3.63, 3.8) is 0 Å². The van der Waals surface area contributed by atoms with E-state index in [0.717, 1.165) is 31.7 Å². The number of nitrogens with one attached hydrogen (secondary N) is 1. The molecule has 142 valence electrons. The second kappa shape index (κ2) is 9.38. The molecule has 4 heteroatoms. The highest BCUT2D eigenvalue weighted by Crippen LogP contribution is 2.23. The summed E-state index contributed by atoms with van der Waals surface area (Å²) in [5, 5.41) is 3.07. The molecule has 0 bridgehead atoms. The van der Waals surface area contributed by atoms with E-state index in [0.29, 0.717) is 6.54 Å². The van der Waals surface area contributed by atoms with Crippen molar-refractivity contribution in [3.8, 4) is 5.75 Å². The van der Waals surface area contributed by atoms with Gasteiger partial charge in [0.25, 0.3) is 0 Å². The topological polar surface area (TPSA) is 41.6 Å². The minimum Gasteiger partial charge on any atom is -0.497 e. The van der Waals surface area contributed by atoms with Crippen molar-refractivity contribution >= 4 is 11.5 Å². The summed E-state index contributed by atoms with van der Waals surface area (Å²) in [5.41, 5.74) is 3.85. The van der Waals surface area contributed by atoms with E-state index in [-0.39, 0.29) is 11.9 Å². The maximum absolute atomic E-state index is 12.5. The van der Waals surface area contributed by atoms with Crippen molar-refractivity contribution in [3.05, 3.63) is 71.8 Å². The fraction of sp³-hybridized carbons (Fsp3) is 0.348. The molecular weight excluding hydrogens is 336 g/mol. The van der Waals surface area contributed by atoms with Gasteiger partial charge >= 0.3 is 0 Å². The zero-order valence-corrected chi connectivity index (χ0v) is 16.2. The summed E-state index contributed by atoms with van der Waals surface area (Å²) in [6, 6.07) is 18.3. The van der Waals surface area contributed by atoms with Crippen molar-refractivity contribution in [2.45, 2.75) is 25.8 Å². The molecule has 0 aliphatic carbocycles. The first-order valence-electron chi connectivity index (χ1n) is 9.56. The average Bonchev–Trinajstić information content (AvgIpc) is 2.74. The van der Waals surface area contributed by atoms with Crippen molar-refractivity contribution in [1.82, 2.24) is 10.2 Å². The standard InChI is InChI=1S/C23H28N2O2/c1-18(23(26)24-15-12-19-8-10-22(27-2)11-9-19)25-16-13-21(14-17-25)20-6-4-3-5-7-20/h3-11,13,18H,12,14-17H2,1-2H3,(H,24,26)/t18-/m0/s1. The zero-order valence-electron chi connectivity index (χ0n) is 16.2. The largest absolute Gasteiger partial charge is 0.497 e. The number of methoxy groups -OCH3 is 1. The van der Waals surface area contributed by atoms with Crippen LogP contribution in [-0.4, -0.2) is 43.6 Å². The third kappa shape index (κ3) is 5.20. The predicted octanol–water partition coefficient (Wildman–Crippen LogP) is 3.53. The van der Waals surface area contributed by atoms with Gasteiger partial charge in [0.1, 0.15) is 5.75 Å². The van der Waals surface area contributed by atoms with Crippen LogP contribution in [0.15, 0.2) is 60.7 Å². The molecule has 27 heavy (non-hydrogen) atoms.